The molecule has 8 nitrogen and oxygen atoms in total. The number of likely N-dealkylation sites (tertiary alicyclic amines) is 1. The van der Waals surface area contributed by atoms with Gasteiger partial charge in [-0.05, 0) is 64.3 Å². The Morgan fingerprint density at radius 3 is 2.67 bits per heavy atom. The summed E-state index contributed by atoms with van der Waals surface area (Å²) < 4.78 is 1.83. The number of H-pyrrole nitrogens is 1. The van der Waals surface area contributed by atoms with Gasteiger partial charge in [0, 0.05) is 29.8 Å². The third-order valence-electron chi connectivity index (χ3n) is 6.58. The molecule has 5 rings (SSSR count). The third kappa shape index (κ3) is 4.25. The van der Waals surface area contributed by atoms with Crippen molar-refractivity contribution < 1.29 is 5.11 Å². The number of rotatable bonds is 5. The molecule has 0 bridgehead atoms. The van der Waals surface area contributed by atoms with Crippen molar-refractivity contribution in [3.8, 4) is 11.3 Å². The molecular weight excluding hydrogens is 414 g/mol. The van der Waals surface area contributed by atoms with Gasteiger partial charge < -0.3 is 15.0 Å². The molecule has 8 heteroatoms. The van der Waals surface area contributed by atoms with Crippen LogP contribution in [0.15, 0.2) is 24.8 Å². The fraction of sp³-hybridized carbons (Fsp3) is 0.520. The molecule has 0 unspecified atom stereocenters. The Labute approximate surface area is 194 Å². The normalized spacial score (nSPS) is 16.5. The van der Waals surface area contributed by atoms with Gasteiger partial charge in [0.2, 0.25) is 0 Å². The molecule has 0 spiro atoms. The van der Waals surface area contributed by atoms with Gasteiger partial charge in [-0.15, -0.1) is 0 Å². The van der Waals surface area contributed by atoms with Crippen LogP contribution in [0.3, 0.4) is 0 Å². The standard InChI is InChI=1S/C25H33N7O/c1-15(2)20-21(18-10-16(3)24-27-14-28-32(24)12-18)29-19-11-26-23(30-22(19)20)17-6-8-31(9-7-17)13-25(4,5)33/h10-12,14-15,17,29,33H,6-9,13H2,1-5H3. The third-order valence-corrected chi connectivity index (χ3v) is 6.58. The highest BCUT2D eigenvalue weighted by atomic mass is 16.3. The molecule has 0 aliphatic carbocycles. The number of aryl methyl sites for hydroxylation is 1. The summed E-state index contributed by atoms with van der Waals surface area (Å²) in [6.07, 6.45) is 7.58. The average Bonchev–Trinajstić information content (AvgIpc) is 3.37. The number of nitrogens with one attached hydrogen (secondary N) is 1. The Hall–Kier alpha value is -2.84. The highest BCUT2D eigenvalue weighted by molar-refractivity contribution is 5.88. The first kappa shape index (κ1) is 22.0. The van der Waals surface area contributed by atoms with Crippen molar-refractivity contribution in [1.82, 2.24) is 34.4 Å². The van der Waals surface area contributed by atoms with Crippen LogP contribution in [0.2, 0.25) is 0 Å². The van der Waals surface area contributed by atoms with Gasteiger partial charge in [0.15, 0.2) is 5.65 Å². The van der Waals surface area contributed by atoms with E-state index in [1.165, 1.54) is 5.56 Å². The highest BCUT2D eigenvalue weighted by Gasteiger charge is 2.27. The summed E-state index contributed by atoms with van der Waals surface area (Å²) in [5.74, 6) is 1.58. The van der Waals surface area contributed by atoms with Gasteiger partial charge in [0.25, 0.3) is 0 Å². The molecule has 0 saturated carbocycles. The molecule has 174 valence electrons. The molecule has 0 radical (unpaired) electrons. The topological polar surface area (TPSA) is 95.2 Å². The Balaban J connectivity index is 1.49. The summed E-state index contributed by atoms with van der Waals surface area (Å²) in [4.78, 5) is 20.1. The van der Waals surface area contributed by atoms with Crippen molar-refractivity contribution in [2.24, 2.45) is 0 Å². The van der Waals surface area contributed by atoms with Gasteiger partial charge >= 0.3 is 0 Å². The maximum atomic E-state index is 10.1. The zero-order valence-corrected chi connectivity index (χ0v) is 20.1. The van der Waals surface area contributed by atoms with Gasteiger partial charge in [-0.1, -0.05) is 13.8 Å². The number of hydrogen-bond donors (Lipinski definition) is 2. The number of piperidine rings is 1. The summed E-state index contributed by atoms with van der Waals surface area (Å²) in [5, 5.41) is 14.5. The summed E-state index contributed by atoms with van der Waals surface area (Å²) in [6.45, 7) is 12.9. The molecule has 5 heterocycles. The average molecular weight is 448 g/mol. The Morgan fingerprint density at radius 2 is 1.97 bits per heavy atom. The molecule has 1 fully saturated rings. The summed E-state index contributed by atoms with van der Waals surface area (Å²) >= 11 is 0. The van der Waals surface area contributed by atoms with Crippen molar-refractivity contribution in [3.05, 3.63) is 41.7 Å². The van der Waals surface area contributed by atoms with Crippen LogP contribution in [0.5, 0.6) is 0 Å². The monoisotopic (exact) mass is 447 g/mol. The fourth-order valence-electron chi connectivity index (χ4n) is 5.13. The van der Waals surface area contributed by atoms with Crippen LogP contribution in [-0.2, 0) is 0 Å². The lowest BCUT2D eigenvalue weighted by Gasteiger charge is -2.34. The van der Waals surface area contributed by atoms with E-state index in [-0.39, 0.29) is 0 Å². The number of aromatic amines is 1. The van der Waals surface area contributed by atoms with E-state index in [0.29, 0.717) is 18.4 Å². The van der Waals surface area contributed by atoms with Gasteiger partial charge in [0.05, 0.1) is 28.5 Å². The van der Waals surface area contributed by atoms with Crippen LogP contribution >= 0.6 is 0 Å². The number of hydrogen-bond acceptors (Lipinski definition) is 6. The summed E-state index contributed by atoms with van der Waals surface area (Å²) in [7, 11) is 0. The Bertz CT molecular complexity index is 1290. The fourth-order valence-corrected chi connectivity index (χ4v) is 5.13. The molecule has 2 N–H and O–H groups in total. The maximum Gasteiger partial charge on any atom is 0.158 e. The van der Waals surface area contributed by atoms with Gasteiger partial charge in [-0.25, -0.2) is 19.5 Å². The molecule has 0 amide bonds. The minimum absolute atomic E-state index is 0.303. The molecule has 1 aliphatic rings. The number of aliphatic hydroxyl groups is 1. The van der Waals surface area contributed by atoms with Gasteiger partial charge in [-0.2, -0.15) is 5.10 Å². The second-order valence-electron chi connectivity index (χ2n) is 10.4. The number of pyridine rings is 1. The minimum Gasteiger partial charge on any atom is -0.389 e. The molecule has 1 aliphatic heterocycles. The molecule has 4 aromatic heterocycles. The number of β-amino-alcohol motifs (C(OH)–C–C–N with tert-alkyl or cyclic N) is 1. The number of fused-ring (bicyclic) bond motifs is 2. The predicted molar refractivity (Wildman–Crippen MR) is 129 cm³/mol. The van der Waals surface area contributed by atoms with E-state index < -0.39 is 5.60 Å². The van der Waals surface area contributed by atoms with Crippen LogP contribution in [0.1, 0.15) is 69.3 Å². The van der Waals surface area contributed by atoms with E-state index in [1.807, 2.05) is 30.8 Å². The summed E-state index contributed by atoms with van der Waals surface area (Å²) in [6, 6.07) is 2.16. The van der Waals surface area contributed by atoms with Crippen LogP contribution in [0.25, 0.3) is 27.9 Å². The van der Waals surface area contributed by atoms with Crippen molar-refractivity contribution in [2.45, 2.75) is 64.9 Å². The molecular formula is C25H33N7O. The SMILES string of the molecule is Cc1cc(-c2[nH]c3cnc(C4CCN(CC(C)(C)O)CC4)nc3c2C(C)C)cn2ncnc12. The second-order valence-corrected chi connectivity index (χ2v) is 10.4. The quantitative estimate of drug-likeness (QED) is 0.479. The first-order valence-corrected chi connectivity index (χ1v) is 11.8. The van der Waals surface area contributed by atoms with Crippen molar-refractivity contribution in [1.29, 1.82) is 0 Å². The molecule has 33 heavy (non-hydrogen) atoms. The van der Waals surface area contributed by atoms with E-state index >= 15 is 0 Å². The van der Waals surface area contributed by atoms with Crippen LogP contribution in [-0.4, -0.2) is 64.8 Å². The van der Waals surface area contributed by atoms with Crippen LogP contribution in [0, 0.1) is 6.92 Å². The number of aromatic nitrogens is 6. The van der Waals surface area contributed by atoms with E-state index in [1.54, 1.807) is 6.33 Å². The Kier molecular flexibility index (Phi) is 5.45. The van der Waals surface area contributed by atoms with Gasteiger partial charge in [-0.3, -0.25) is 0 Å². The first-order valence-electron chi connectivity index (χ1n) is 11.8. The van der Waals surface area contributed by atoms with Gasteiger partial charge in [0.1, 0.15) is 12.2 Å². The zero-order valence-electron chi connectivity index (χ0n) is 20.1. The second kappa shape index (κ2) is 8.18. The smallest absolute Gasteiger partial charge is 0.158 e. The van der Waals surface area contributed by atoms with E-state index in [4.69, 9.17) is 9.97 Å². The predicted octanol–water partition coefficient (Wildman–Crippen LogP) is 4.05. The lowest BCUT2D eigenvalue weighted by molar-refractivity contribution is 0.0279. The number of nitrogens with zero attached hydrogens (tertiary/aromatic N) is 6. The lowest BCUT2D eigenvalue weighted by Crippen LogP contribution is -2.42. The van der Waals surface area contributed by atoms with Crippen LogP contribution in [0.4, 0.5) is 0 Å². The zero-order chi connectivity index (χ0) is 23.3. The summed E-state index contributed by atoms with van der Waals surface area (Å²) in [5.41, 5.74) is 6.65. The van der Waals surface area contributed by atoms with Crippen LogP contribution < -0.4 is 0 Å². The lowest BCUT2D eigenvalue weighted by atomic mass is 9.94. The first-order chi connectivity index (χ1) is 15.7. The van der Waals surface area contributed by atoms with Crippen molar-refractivity contribution >= 4 is 16.7 Å². The van der Waals surface area contributed by atoms with Crippen molar-refractivity contribution in [3.63, 3.8) is 0 Å². The highest BCUT2D eigenvalue weighted by Crippen LogP contribution is 2.36. The minimum atomic E-state index is -0.663. The molecule has 1 saturated heterocycles. The molecule has 0 atom stereocenters. The Morgan fingerprint density at radius 1 is 1.21 bits per heavy atom. The largest absolute Gasteiger partial charge is 0.389 e. The van der Waals surface area contributed by atoms with E-state index in [2.05, 4.69) is 46.8 Å². The van der Waals surface area contributed by atoms with E-state index in [9.17, 15) is 5.11 Å². The molecule has 4 aromatic rings. The van der Waals surface area contributed by atoms with E-state index in [0.717, 1.165) is 65.3 Å². The van der Waals surface area contributed by atoms with Crippen molar-refractivity contribution in [2.75, 3.05) is 19.6 Å². The maximum absolute atomic E-state index is 10.1. The molecule has 0 aromatic carbocycles.